The minimum atomic E-state index is -0.209. The predicted octanol–water partition coefficient (Wildman–Crippen LogP) is 2.04. The molecule has 0 saturated heterocycles. The molecule has 2 aromatic heterocycles. The van der Waals surface area contributed by atoms with Crippen molar-refractivity contribution in [3.8, 4) is 5.88 Å². The molecule has 2 rings (SSSR count). The molecule has 6 nitrogen and oxygen atoms in total. The van der Waals surface area contributed by atoms with Crippen LogP contribution in [-0.4, -0.2) is 28.0 Å². The standard InChI is InChI=1S/C16H20N4O2/c1-9-6-10(2)19-16(22-5)13(9)7-18-15(21)14-8-17-12(4)20-11(14)3/h6,8H,7H2,1-5H3,(H,18,21). The second-order valence-electron chi connectivity index (χ2n) is 5.17. The quantitative estimate of drug-likeness (QED) is 0.935. The Balaban J connectivity index is 2.18. The Hall–Kier alpha value is -2.50. The number of pyridine rings is 1. The number of nitrogens with zero attached hydrogens (tertiary/aromatic N) is 3. The summed E-state index contributed by atoms with van der Waals surface area (Å²) in [6.45, 7) is 7.81. The lowest BCUT2D eigenvalue weighted by Gasteiger charge is -2.13. The van der Waals surface area contributed by atoms with Gasteiger partial charge in [0.2, 0.25) is 5.88 Å². The largest absolute Gasteiger partial charge is 0.481 e. The first-order valence-electron chi connectivity index (χ1n) is 7.02. The number of hydrogen-bond donors (Lipinski definition) is 1. The van der Waals surface area contributed by atoms with Gasteiger partial charge in [-0.3, -0.25) is 4.79 Å². The Morgan fingerprint density at radius 2 is 1.95 bits per heavy atom. The second kappa shape index (κ2) is 6.51. The molecule has 2 heterocycles. The molecule has 116 valence electrons. The van der Waals surface area contributed by atoms with E-state index in [0.717, 1.165) is 16.8 Å². The van der Waals surface area contributed by atoms with Crippen LogP contribution in [0.1, 0.15) is 38.7 Å². The highest BCUT2D eigenvalue weighted by molar-refractivity contribution is 5.94. The van der Waals surface area contributed by atoms with Crippen LogP contribution in [0.4, 0.5) is 0 Å². The minimum absolute atomic E-state index is 0.209. The van der Waals surface area contributed by atoms with Gasteiger partial charge in [-0.15, -0.1) is 0 Å². The number of amides is 1. The average molecular weight is 300 g/mol. The van der Waals surface area contributed by atoms with Crippen molar-refractivity contribution in [1.29, 1.82) is 0 Å². The van der Waals surface area contributed by atoms with Crippen LogP contribution in [0.5, 0.6) is 5.88 Å². The number of carbonyl (C=O) groups excluding carboxylic acids is 1. The van der Waals surface area contributed by atoms with Crippen molar-refractivity contribution in [2.45, 2.75) is 34.2 Å². The third-order valence-corrected chi connectivity index (χ3v) is 3.40. The molecular formula is C16H20N4O2. The SMILES string of the molecule is COc1nc(C)cc(C)c1CNC(=O)c1cnc(C)nc1C. The maximum absolute atomic E-state index is 12.3. The van der Waals surface area contributed by atoms with Crippen molar-refractivity contribution in [3.63, 3.8) is 0 Å². The third kappa shape index (κ3) is 3.39. The van der Waals surface area contributed by atoms with Gasteiger partial charge in [0.1, 0.15) is 5.82 Å². The summed E-state index contributed by atoms with van der Waals surface area (Å²) in [6.07, 6.45) is 1.55. The maximum atomic E-state index is 12.3. The van der Waals surface area contributed by atoms with Crippen molar-refractivity contribution < 1.29 is 9.53 Å². The highest BCUT2D eigenvalue weighted by Gasteiger charge is 2.14. The monoisotopic (exact) mass is 300 g/mol. The van der Waals surface area contributed by atoms with Crippen molar-refractivity contribution in [2.75, 3.05) is 7.11 Å². The highest BCUT2D eigenvalue weighted by Crippen LogP contribution is 2.20. The van der Waals surface area contributed by atoms with Crippen molar-refractivity contribution in [2.24, 2.45) is 0 Å². The molecule has 1 N–H and O–H groups in total. The van der Waals surface area contributed by atoms with E-state index >= 15 is 0 Å². The molecule has 0 fully saturated rings. The summed E-state index contributed by atoms with van der Waals surface area (Å²) in [5.41, 5.74) is 3.92. The fourth-order valence-electron chi connectivity index (χ4n) is 2.28. The Morgan fingerprint density at radius 3 is 2.59 bits per heavy atom. The maximum Gasteiger partial charge on any atom is 0.254 e. The third-order valence-electron chi connectivity index (χ3n) is 3.40. The zero-order valence-corrected chi connectivity index (χ0v) is 13.5. The van der Waals surface area contributed by atoms with E-state index in [-0.39, 0.29) is 5.91 Å². The van der Waals surface area contributed by atoms with Crippen LogP contribution < -0.4 is 10.1 Å². The molecule has 2 aromatic rings. The van der Waals surface area contributed by atoms with E-state index in [0.29, 0.717) is 29.5 Å². The lowest BCUT2D eigenvalue weighted by molar-refractivity contribution is 0.0949. The summed E-state index contributed by atoms with van der Waals surface area (Å²) in [5.74, 6) is 0.975. The summed E-state index contributed by atoms with van der Waals surface area (Å²) in [4.78, 5) is 24.9. The number of rotatable bonds is 4. The van der Waals surface area contributed by atoms with E-state index in [9.17, 15) is 4.79 Å². The molecule has 22 heavy (non-hydrogen) atoms. The Kier molecular flexibility index (Phi) is 4.70. The molecular weight excluding hydrogens is 280 g/mol. The molecule has 0 aliphatic carbocycles. The van der Waals surface area contributed by atoms with E-state index in [1.165, 1.54) is 0 Å². The van der Waals surface area contributed by atoms with Gasteiger partial charge in [-0.2, -0.15) is 0 Å². The Morgan fingerprint density at radius 1 is 1.23 bits per heavy atom. The lowest BCUT2D eigenvalue weighted by Crippen LogP contribution is -2.25. The van der Waals surface area contributed by atoms with Crippen molar-refractivity contribution in [1.82, 2.24) is 20.3 Å². The van der Waals surface area contributed by atoms with Crippen LogP contribution in [0.2, 0.25) is 0 Å². The van der Waals surface area contributed by atoms with Gasteiger partial charge in [-0.1, -0.05) is 0 Å². The first-order valence-corrected chi connectivity index (χ1v) is 7.02. The lowest BCUT2D eigenvalue weighted by atomic mass is 10.1. The number of aromatic nitrogens is 3. The zero-order valence-electron chi connectivity index (χ0n) is 13.5. The van der Waals surface area contributed by atoms with E-state index in [4.69, 9.17) is 4.74 Å². The van der Waals surface area contributed by atoms with E-state index in [1.54, 1.807) is 27.2 Å². The first kappa shape index (κ1) is 15.9. The summed E-state index contributed by atoms with van der Waals surface area (Å²) in [5, 5.41) is 2.87. The summed E-state index contributed by atoms with van der Waals surface area (Å²) >= 11 is 0. The van der Waals surface area contributed by atoms with Crippen LogP contribution in [-0.2, 0) is 6.54 Å². The fourth-order valence-corrected chi connectivity index (χ4v) is 2.28. The summed E-state index contributed by atoms with van der Waals surface area (Å²) in [6, 6.07) is 1.96. The molecule has 0 unspecified atom stereocenters. The molecule has 6 heteroatoms. The van der Waals surface area contributed by atoms with E-state index < -0.39 is 0 Å². The Bertz CT molecular complexity index is 714. The first-order chi connectivity index (χ1) is 10.4. The minimum Gasteiger partial charge on any atom is -0.481 e. The topological polar surface area (TPSA) is 77.0 Å². The van der Waals surface area contributed by atoms with Gasteiger partial charge in [-0.05, 0) is 39.3 Å². The zero-order chi connectivity index (χ0) is 16.3. The van der Waals surface area contributed by atoms with Gasteiger partial charge in [0.15, 0.2) is 0 Å². The number of hydrogen-bond acceptors (Lipinski definition) is 5. The summed E-state index contributed by atoms with van der Waals surface area (Å²) in [7, 11) is 1.57. The van der Waals surface area contributed by atoms with Crippen LogP contribution in [0.3, 0.4) is 0 Å². The number of carbonyl (C=O) groups is 1. The molecule has 0 saturated carbocycles. The number of ether oxygens (including phenoxy) is 1. The van der Waals surface area contributed by atoms with Gasteiger partial charge in [0.05, 0.1) is 18.4 Å². The molecule has 1 amide bonds. The molecule has 0 aromatic carbocycles. The highest BCUT2D eigenvalue weighted by atomic mass is 16.5. The number of methoxy groups -OCH3 is 1. The van der Waals surface area contributed by atoms with E-state index in [1.807, 2.05) is 19.9 Å². The van der Waals surface area contributed by atoms with Crippen LogP contribution in [0, 0.1) is 27.7 Å². The summed E-state index contributed by atoms with van der Waals surface area (Å²) < 4.78 is 5.30. The Labute approximate surface area is 130 Å². The second-order valence-corrected chi connectivity index (χ2v) is 5.17. The normalized spacial score (nSPS) is 10.4. The predicted molar refractivity (Wildman–Crippen MR) is 82.9 cm³/mol. The molecule has 0 aliphatic heterocycles. The van der Waals surface area contributed by atoms with Crippen LogP contribution in [0.25, 0.3) is 0 Å². The van der Waals surface area contributed by atoms with E-state index in [2.05, 4.69) is 20.3 Å². The van der Waals surface area contributed by atoms with Gasteiger partial charge in [0.25, 0.3) is 5.91 Å². The molecule has 0 spiro atoms. The molecule has 0 aliphatic rings. The smallest absolute Gasteiger partial charge is 0.254 e. The fraction of sp³-hybridized carbons (Fsp3) is 0.375. The van der Waals surface area contributed by atoms with Gasteiger partial charge in [-0.25, -0.2) is 15.0 Å². The van der Waals surface area contributed by atoms with Crippen LogP contribution >= 0.6 is 0 Å². The van der Waals surface area contributed by atoms with Gasteiger partial charge < -0.3 is 10.1 Å². The van der Waals surface area contributed by atoms with Crippen molar-refractivity contribution >= 4 is 5.91 Å². The average Bonchev–Trinajstić information content (AvgIpc) is 2.45. The van der Waals surface area contributed by atoms with Crippen LogP contribution in [0.15, 0.2) is 12.3 Å². The number of aryl methyl sites for hydroxylation is 4. The van der Waals surface area contributed by atoms with Crippen molar-refractivity contribution in [3.05, 3.63) is 46.2 Å². The van der Waals surface area contributed by atoms with Gasteiger partial charge >= 0.3 is 0 Å². The number of nitrogens with one attached hydrogen (secondary N) is 1. The molecule has 0 atom stereocenters. The molecule has 0 radical (unpaired) electrons. The van der Waals surface area contributed by atoms with Gasteiger partial charge in [0, 0.05) is 24.0 Å². The molecule has 0 bridgehead atoms.